The van der Waals surface area contributed by atoms with Gasteiger partial charge >= 0.3 is 0 Å². The van der Waals surface area contributed by atoms with Crippen LogP contribution in [0.25, 0.3) is 0 Å². The molecule has 1 aromatic rings. The lowest BCUT2D eigenvalue weighted by atomic mass is 9.86. The Balaban J connectivity index is 2.25. The van der Waals surface area contributed by atoms with Crippen LogP contribution in [0.1, 0.15) is 44.6 Å². The quantitative estimate of drug-likeness (QED) is 0.400. The van der Waals surface area contributed by atoms with Gasteiger partial charge in [-0.3, -0.25) is 0 Å². The first-order valence-electron chi connectivity index (χ1n) is 7.74. The Morgan fingerprint density at radius 2 is 2.13 bits per heavy atom. The summed E-state index contributed by atoms with van der Waals surface area (Å²) in [5.41, 5.74) is 1.76. The summed E-state index contributed by atoms with van der Waals surface area (Å²) in [7, 11) is 1.67. The Labute approximate surface area is 150 Å². The Kier molecular flexibility index (Phi) is 6.34. The lowest BCUT2D eigenvalue weighted by molar-refractivity contribution is 0.172. The molecule has 1 aliphatic carbocycles. The van der Waals surface area contributed by atoms with Gasteiger partial charge in [0.2, 0.25) is 0 Å². The molecule has 2 rings (SSSR count). The molecule has 0 aromatic heterocycles. The average molecular weight is 405 g/mol. The molecule has 0 aliphatic heterocycles. The molecule has 1 fully saturated rings. The summed E-state index contributed by atoms with van der Waals surface area (Å²) in [5, 5.41) is 13.6. The first-order chi connectivity index (χ1) is 10.9. The fourth-order valence-corrected chi connectivity index (χ4v) is 4.03. The van der Waals surface area contributed by atoms with Crippen molar-refractivity contribution in [2.24, 2.45) is 10.6 Å². The highest BCUT2D eigenvalue weighted by molar-refractivity contribution is 9.10. The van der Waals surface area contributed by atoms with Gasteiger partial charge in [0.25, 0.3) is 0 Å². The summed E-state index contributed by atoms with van der Waals surface area (Å²) < 4.78 is 11.7. The van der Waals surface area contributed by atoms with Crippen molar-refractivity contribution < 1.29 is 14.7 Å². The third-order valence-corrected chi connectivity index (χ3v) is 5.35. The maximum atomic E-state index is 9.45. The molecule has 0 saturated heterocycles. The van der Waals surface area contributed by atoms with Crippen LogP contribution in [0.15, 0.2) is 21.8 Å². The third-order valence-electron chi connectivity index (χ3n) is 4.37. The zero-order valence-electron chi connectivity index (χ0n) is 13.7. The van der Waals surface area contributed by atoms with Crippen LogP contribution in [0.2, 0.25) is 5.02 Å². The summed E-state index contributed by atoms with van der Waals surface area (Å²) in [4.78, 5) is 0. The molecule has 0 amide bonds. The third kappa shape index (κ3) is 4.20. The number of hydrogen-bond donors (Lipinski definition) is 1. The zero-order valence-corrected chi connectivity index (χ0v) is 16.1. The molecular formula is C17H23BrClNO3. The highest BCUT2D eigenvalue weighted by atomic mass is 79.9. The van der Waals surface area contributed by atoms with Crippen molar-refractivity contribution in [1.29, 1.82) is 0 Å². The van der Waals surface area contributed by atoms with Crippen molar-refractivity contribution in [1.82, 2.24) is 0 Å². The van der Waals surface area contributed by atoms with Gasteiger partial charge in [-0.15, -0.1) is 0 Å². The van der Waals surface area contributed by atoms with E-state index in [1.807, 2.05) is 12.1 Å². The van der Waals surface area contributed by atoms with E-state index >= 15 is 0 Å². The van der Waals surface area contributed by atoms with Crippen LogP contribution in [0.3, 0.4) is 0 Å². The summed E-state index contributed by atoms with van der Waals surface area (Å²) >= 11 is 9.86. The Morgan fingerprint density at radius 3 is 2.78 bits per heavy atom. The molecular weight excluding hydrogens is 382 g/mol. The van der Waals surface area contributed by atoms with Gasteiger partial charge in [-0.2, -0.15) is 0 Å². The number of oxime groups is 1. The van der Waals surface area contributed by atoms with Crippen LogP contribution < -0.4 is 4.74 Å². The van der Waals surface area contributed by atoms with E-state index in [0.29, 0.717) is 24.0 Å². The first-order valence-corrected chi connectivity index (χ1v) is 8.91. The van der Waals surface area contributed by atoms with Crippen LogP contribution in [0.4, 0.5) is 0 Å². The maximum absolute atomic E-state index is 9.45. The van der Waals surface area contributed by atoms with Crippen LogP contribution in [0, 0.1) is 5.41 Å². The van der Waals surface area contributed by atoms with Crippen molar-refractivity contribution in [2.75, 3.05) is 20.3 Å². The molecule has 1 aromatic carbocycles. The standard InChI is InChI=1S/C17H23BrClNO3/c1-17(2)6-5-11(16(17)20-21)12-9-15(14(19)10-13(12)18)23-8-4-7-22-3/h9-11,21H,4-8H2,1-3H3/b20-16-. The Morgan fingerprint density at radius 1 is 1.39 bits per heavy atom. The molecule has 1 N–H and O–H groups in total. The van der Waals surface area contributed by atoms with Gasteiger partial charge in [0.15, 0.2) is 0 Å². The number of rotatable bonds is 6. The smallest absolute Gasteiger partial charge is 0.138 e. The van der Waals surface area contributed by atoms with Gasteiger partial charge in [-0.05, 0) is 30.5 Å². The number of nitrogens with zero attached hydrogens (tertiary/aromatic N) is 1. The van der Waals surface area contributed by atoms with Gasteiger partial charge in [-0.25, -0.2) is 0 Å². The van der Waals surface area contributed by atoms with Crippen molar-refractivity contribution in [3.8, 4) is 5.75 Å². The number of hydrogen-bond acceptors (Lipinski definition) is 4. The van der Waals surface area contributed by atoms with E-state index in [-0.39, 0.29) is 11.3 Å². The maximum Gasteiger partial charge on any atom is 0.138 e. The lowest BCUT2D eigenvalue weighted by Crippen LogP contribution is -2.21. The zero-order chi connectivity index (χ0) is 17.0. The molecule has 1 saturated carbocycles. The monoisotopic (exact) mass is 403 g/mol. The molecule has 23 heavy (non-hydrogen) atoms. The Hall–Kier alpha value is -0.780. The molecule has 6 heteroatoms. The fraction of sp³-hybridized carbons (Fsp3) is 0.588. The van der Waals surface area contributed by atoms with Crippen molar-refractivity contribution >= 4 is 33.2 Å². The second-order valence-corrected chi connectivity index (χ2v) is 7.72. The van der Waals surface area contributed by atoms with E-state index in [0.717, 1.165) is 35.0 Å². The second kappa shape index (κ2) is 7.86. The predicted molar refractivity (Wildman–Crippen MR) is 96.1 cm³/mol. The molecule has 0 spiro atoms. The van der Waals surface area contributed by atoms with E-state index in [9.17, 15) is 5.21 Å². The highest BCUT2D eigenvalue weighted by Gasteiger charge is 2.40. The van der Waals surface area contributed by atoms with Crippen LogP contribution in [0.5, 0.6) is 5.75 Å². The topological polar surface area (TPSA) is 51.0 Å². The summed E-state index contributed by atoms with van der Waals surface area (Å²) in [6.45, 7) is 5.41. The van der Waals surface area contributed by atoms with Crippen LogP contribution >= 0.6 is 27.5 Å². The van der Waals surface area contributed by atoms with Crippen molar-refractivity contribution in [3.05, 3.63) is 27.2 Å². The van der Waals surface area contributed by atoms with E-state index in [1.165, 1.54) is 0 Å². The van der Waals surface area contributed by atoms with E-state index in [1.54, 1.807) is 7.11 Å². The minimum atomic E-state index is -0.0992. The van der Waals surface area contributed by atoms with E-state index in [4.69, 9.17) is 21.1 Å². The molecule has 0 bridgehead atoms. The van der Waals surface area contributed by atoms with Crippen molar-refractivity contribution in [3.63, 3.8) is 0 Å². The summed E-state index contributed by atoms with van der Waals surface area (Å²) in [6.07, 6.45) is 2.73. The molecule has 4 nitrogen and oxygen atoms in total. The van der Waals surface area contributed by atoms with Gasteiger partial charge in [0.05, 0.1) is 17.3 Å². The number of ether oxygens (including phenoxy) is 2. The van der Waals surface area contributed by atoms with Crippen molar-refractivity contribution in [2.45, 2.75) is 39.0 Å². The van der Waals surface area contributed by atoms with Crippen LogP contribution in [-0.4, -0.2) is 31.2 Å². The molecule has 128 valence electrons. The molecule has 0 heterocycles. The minimum absolute atomic E-state index is 0.0722. The summed E-state index contributed by atoms with van der Waals surface area (Å²) in [5.74, 6) is 0.728. The minimum Gasteiger partial charge on any atom is -0.492 e. The van der Waals surface area contributed by atoms with Gasteiger partial charge < -0.3 is 14.7 Å². The molecule has 1 aliphatic rings. The molecule has 1 unspecified atom stereocenters. The van der Waals surface area contributed by atoms with Crippen LogP contribution in [-0.2, 0) is 4.74 Å². The SMILES string of the molecule is COCCCOc1cc(C2CCC(C)(C)/C2=N\O)c(Br)cc1Cl. The van der Waals surface area contributed by atoms with E-state index in [2.05, 4.69) is 34.9 Å². The van der Waals surface area contributed by atoms with Gasteiger partial charge in [-0.1, -0.05) is 46.5 Å². The Bertz CT molecular complexity index is 589. The van der Waals surface area contributed by atoms with Gasteiger partial charge in [0, 0.05) is 35.9 Å². The number of benzene rings is 1. The molecule has 0 radical (unpaired) electrons. The number of methoxy groups -OCH3 is 1. The van der Waals surface area contributed by atoms with E-state index < -0.39 is 0 Å². The normalized spacial score (nSPS) is 21.8. The number of halogens is 2. The predicted octanol–water partition coefficient (Wildman–Crippen LogP) is 5.25. The lowest BCUT2D eigenvalue weighted by Gasteiger charge is -2.21. The van der Waals surface area contributed by atoms with Gasteiger partial charge in [0.1, 0.15) is 5.75 Å². The second-order valence-electron chi connectivity index (χ2n) is 6.46. The average Bonchev–Trinajstić information content (AvgIpc) is 2.80. The first kappa shape index (κ1) is 18.6. The molecule has 1 atom stereocenters. The highest BCUT2D eigenvalue weighted by Crippen LogP contribution is 2.47. The largest absolute Gasteiger partial charge is 0.492 e. The fourth-order valence-electron chi connectivity index (χ4n) is 3.06. The summed E-state index contributed by atoms with van der Waals surface area (Å²) in [6, 6.07) is 3.80.